The summed E-state index contributed by atoms with van der Waals surface area (Å²) in [7, 11) is 0. The van der Waals surface area contributed by atoms with Gasteiger partial charge in [0, 0.05) is 38.6 Å². The molecule has 0 saturated carbocycles. The third kappa shape index (κ3) is 5.24. The van der Waals surface area contributed by atoms with Crippen LogP contribution in [-0.2, 0) is 4.79 Å². The highest BCUT2D eigenvalue weighted by atomic mass is 16.2. The molecule has 2 saturated heterocycles. The molecule has 4 heteroatoms. The van der Waals surface area contributed by atoms with Crippen LogP contribution in [0.4, 0.5) is 0 Å². The average molecular weight is 309 g/mol. The van der Waals surface area contributed by atoms with Crippen molar-refractivity contribution in [2.75, 3.05) is 45.8 Å². The van der Waals surface area contributed by atoms with Gasteiger partial charge in [0.2, 0.25) is 5.91 Å². The molecule has 2 rings (SSSR count). The fourth-order valence-electron chi connectivity index (χ4n) is 3.81. The second kappa shape index (κ2) is 8.88. The highest BCUT2D eigenvalue weighted by Gasteiger charge is 2.22. The Kier molecular flexibility index (Phi) is 7.16. The summed E-state index contributed by atoms with van der Waals surface area (Å²) in [4.78, 5) is 18.9. The van der Waals surface area contributed by atoms with E-state index in [2.05, 4.69) is 23.6 Å². The van der Waals surface area contributed by atoms with Gasteiger partial charge in [0.25, 0.3) is 0 Å². The zero-order chi connectivity index (χ0) is 15.9. The predicted octanol–water partition coefficient (Wildman–Crippen LogP) is 2.44. The molecule has 4 nitrogen and oxygen atoms in total. The van der Waals surface area contributed by atoms with Gasteiger partial charge in [0.15, 0.2) is 0 Å². The first kappa shape index (κ1) is 17.7. The van der Waals surface area contributed by atoms with Gasteiger partial charge in [-0.1, -0.05) is 6.92 Å². The molecule has 2 aliphatic heterocycles. The van der Waals surface area contributed by atoms with E-state index < -0.39 is 0 Å². The third-order valence-electron chi connectivity index (χ3n) is 5.49. The van der Waals surface area contributed by atoms with Gasteiger partial charge in [-0.25, -0.2) is 0 Å². The number of piperazine rings is 1. The smallest absolute Gasteiger partial charge is 0.222 e. The maximum atomic E-state index is 11.7. The molecule has 0 aromatic carbocycles. The summed E-state index contributed by atoms with van der Waals surface area (Å²) in [5.74, 6) is 1.26. The molecule has 0 radical (unpaired) electrons. The molecular formula is C18H35N3O. The molecule has 2 fully saturated rings. The summed E-state index contributed by atoms with van der Waals surface area (Å²) in [6, 6.07) is 0.711. The van der Waals surface area contributed by atoms with Crippen molar-refractivity contribution in [1.29, 1.82) is 0 Å². The van der Waals surface area contributed by atoms with E-state index in [-0.39, 0.29) is 0 Å². The van der Waals surface area contributed by atoms with Crippen molar-refractivity contribution < 1.29 is 4.79 Å². The Morgan fingerprint density at radius 2 is 1.68 bits per heavy atom. The Morgan fingerprint density at radius 3 is 2.23 bits per heavy atom. The maximum Gasteiger partial charge on any atom is 0.222 e. The van der Waals surface area contributed by atoms with E-state index in [1.54, 1.807) is 0 Å². The molecule has 128 valence electrons. The lowest BCUT2D eigenvalue weighted by Crippen LogP contribution is -2.48. The molecule has 0 unspecified atom stereocenters. The van der Waals surface area contributed by atoms with Crippen molar-refractivity contribution >= 4 is 5.91 Å². The number of rotatable bonds is 6. The van der Waals surface area contributed by atoms with Gasteiger partial charge in [-0.2, -0.15) is 0 Å². The molecule has 0 N–H and O–H groups in total. The van der Waals surface area contributed by atoms with Crippen LogP contribution in [0.1, 0.15) is 52.9 Å². The Hall–Kier alpha value is -0.610. The summed E-state index contributed by atoms with van der Waals surface area (Å²) in [5, 5.41) is 0. The number of hydrogen-bond donors (Lipinski definition) is 0. The summed E-state index contributed by atoms with van der Waals surface area (Å²) < 4.78 is 0. The Bertz CT molecular complexity index is 329. The molecule has 0 atom stereocenters. The second-order valence-electron chi connectivity index (χ2n) is 7.29. The van der Waals surface area contributed by atoms with Crippen LogP contribution in [0.3, 0.4) is 0 Å². The van der Waals surface area contributed by atoms with Crippen LogP contribution in [0.25, 0.3) is 0 Å². The zero-order valence-electron chi connectivity index (χ0n) is 14.9. The van der Waals surface area contributed by atoms with E-state index in [0.29, 0.717) is 18.4 Å². The van der Waals surface area contributed by atoms with E-state index in [4.69, 9.17) is 0 Å². The van der Waals surface area contributed by atoms with Crippen molar-refractivity contribution in [2.45, 2.75) is 58.9 Å². The number of piperidine rings is 1. The average Bonchev–Trinajstić information content (AvgIpc) is 2.55. The van der Waals surface area contributed by atoms with Gasteiger partial charge in [-0.05, 0) is 65.1 Å². The molecule has 0 bridgehead atoms. The lowest BCUT2D eigenvalue weighted by Gasteiger charge is -2.36. The molecule has 2 aliphatic rings. The van der Waals surface area contributed by atoms with E-state index in [1.165, 1.54) is 45.3 Å². The topological polar surface area (TPSA) is 26.8 Å². The van der Waals surface area contributed by atoms with Gasteiger partial charge in [0.1, 0.15) is 0 Å². The van der Waals surface area contributed by atoms with Gasteiger partial charge >= 0.3 is 0 Å². The number of hydrogen-bond acceptors (Lipinski definition) is 3. The first-order chi connectivity index (χ1) is 10.6. The molecule has 0 aromatic rings. The molecular weight excluding hydrogens is 274 g/mol. The molecule has 1 amide bonds. The lowest BCUT2D eigenvalue weighted by atomic mass is 9.91. The second-order valence-corrected chi connectivity index (χ2v) is 7.29. The summed E-state index contributed by atoms with van der Waals surface area (Å²) in [6.07, 6.45) is 6.14. The molecule has 22 heavy (non-hydrogen) atoms. The summed E-state index contributed by atoms with van der Waals surface area (Å²) in [6.45, 7) is 14.4. The van der Waals surface area contributed by atoms with Crippen molar-refractivity contribution in [1.82, 2.24) is 14.7 Å². The number of carbonyl (C=O) groups excluding carboxylic acids is 1. The van der Waals surface area contributed by atoms with Gasteiger partial charge in [-0.3, -0.25) is 9.69 Å². The van der Waals surface area contributed by atoms with Crippen LogP contribution in [0, 0.1) is 5.92 Å². The molecule has 2 heterocycles. The SMILES string of the molecule is CCC(=O)N1CCN(CCCC2CCN(C(C)C)CC2)CC1. The number of nitrogens with zero attached hydrogens (tertiary/aromatic N) is 3. The molecule has 0 aliphatic carbocycles. The zero-order valence-corrected chi connectivity index (χ0v) is 14.9. The minimum Gasteiger partial charge on any atom is -0.340 e. The summed E-state index contributed by atoms with van der Waals surface area (Å²) >= 11 is 0. The van der Waals surface area contributed by atoms with Crippen molar-refractivity contribution in [3.05, 3.63) is 0 Å². The molecule has 0 aromatic heterocycles. The molecule has 0 spiro atoms. The van der Waals surface area contributed by atoms with Crippen LogP contribution >= 0.6 is 0 Å². The van der Waals surface area contributed by atoms with Gasteiger partial charge in [-0.15, -0.1) is 0 Å². The lowest BCUT2D eigenvalue weighted by molar-refractivity contribution is -0.132. The van der Waals surface area contributed by atoms with E-state index in [1.807, 2.05) is 11.8 Å². The Labute approximate surface area is 136 Å². The van der Waals surface area contributed by atoms with Crippen LogP contribution in [0.2, 0.25) is 0 Å². The van der Waals surface area contributed by atoms with Gasteiger partial charge in [0.05, 0.1) is 0 Å². The van der Waals surface area contributed by atoms with Crippen molar-refractivity contribution in [3.63, 3.8) is 0 Å². The van der Waals surface area contributed by atoms with Crippen molar-refractivity contribution in [3.8, 4) is 0 Å². The Balaban J connectivity index is 1.56. The van der Waals surface area contributed by atoms with Crippen LogP contribution in [-0.4, -0.2) is 72.5 Å². The predicted molar refractivity (Wildman–Crippen MR) is 92.0 cm³/mol. The highest BCUT2D eigenvalue weighted by molar-refractivity contribution is 5.75. The standard InChI is InChI=1S/C18H35N3O/c1-4-18(22)21-14-12-19(13-15-21)9-5-6-17-7-10-20(11-8-17)16(2)3/h16-17H,4-15H2,1-3H3. The normalized spacial score (nSPS) is 22.5. The number of carbonyl (C=O) groups is 1. The minimum atomic E-state index is 0.316. The van der Waals surface area contributed by atoms with Crippen LogP contribution in [0.5, 0.6) is 0 Å². The van der Waals surface area contributed by atoms with Gasteiger partial charge < -0.3 is 9.80 Å². The van der Waals surface area contributed by atoms with E-state index >= 15 is 0 Å². The Morgan fingerprint density at radius 1 is 1.05 bits per heavy atom. The largest absolute Gasteiger partial charge is 0.340 e. The van der Waals surface area contributed by atoms with Crippen LogP contribution in [0.15, 0.2) is 0 Å². The monoisotopic (exact) mass is 309 g/mol. The third-order valence-corrected chi connectivity index (χ3v) is 5.49. The minimum absolute atomic E-state index is 0.316. The van der Waals surface area contributed by atoms with Crippen molar-refractivity contribution in [2.24, 2.45) is 5.92 Å². The first-order valence-corrected chi connectivity index (χ1v) is 9.34. The van der Waals surface area contributed by atoms with Crippen LogP contribution < -0.4 is 0 Å². The number of likely N-dealkylation sites (tertiary alicyclic amines) is 1. The first-order valence-electron chi connectivity index (χ1n) is 9.34. The maximum absolute atomic E-state index is 11.7. The number of amides is 1. The highest BCUT2D eigenvalue weighted by Crippen LogP contribution is 2.23. The fraction of sp³-hybridized carbons (Fsp3) is 0.944. The van der Waals surface area contributed by atoms with E-state index in [9.17, 15) is 4.79 Å². The summed E-state index contributed by atoms with van der Waals surface area (Å²) in [5.41, 5.74) is 0. The van der Waals surface area contributed by atoms with E-state index in [0.717, 1.165) is 32.1 Å². The fourth-order valence-corrected chi connectivity index (χ4v) is 3.81. The quantitative estimate of drug-likeness (QED) is 0.754.